The highest BCUT2D eigenvalue weighted by molar-refractivity contribution is 7.17. The molecule has 0 amide bonds. The molecule has 1 N–H and O–H groups in total. The highest BCUT2D eigenvalue weighted by atomic mass is 31.0. The predicted molar refractivity (Wildman–Crippen MR) is 32.3 cm³/mol. The molecule has 0 spiro atoms. The average molecular weight is 109 g/mol. The minimum absolute atomic E-state index is 0.990. The lowest BCUT2D eigenvalue weighted by molar-refractivity contribution is 0.951. The zero-order valence-electron chi connectivity index (χ0n) is 3.07. The van der Waals surface area contributed by atoms with Crippen molar-refractivity contribution in [3.8, 4) is 0 Å². The van der Waals surface area contributed by atoms with Gasteiger partial charge in [0.1, 0.15) is 0 Å². The molecule has 0 aromatic heterocycles. The fraction of sp³-hybridized carbons (Fsp3) is 1.00. The lowest BCUT2D eigenvalue weighted by Crippen LogP contribution is -2.04. The molecule has 2 atom stereocenters. The maximum atomic E-state index is 3.04. The fourth-order valence-corrected chi connectivity index (χ4v) is 0.750. The van der Waals surface area contributed by atoms with Gasteiger partial charge in [0.2, 0.25) is 0 Å². The van der Waals surface area contributed by atoms with E-state index >= 15 is 0 Å². The van der Waals surface area contributed by atoms with E-state index in [1.807, 2.05) is 0 Å². The number of rotatable bonds is 2. The lowest BCUT2D eigenvalue weighted by atomic mass is 11.2. The molecule has 0 bridgehead atoms. The van der Waals surface area contributed by atoms with Crippen LogP contribution in [0.15, 0.2) is 0 Å². The highest BCUT2D eigenvalue weighted by Gasteiger charge is 1.62. The molecule has 0 aromatic carbocycles. The van der Waals surface area contributed by atoms with Crippen LogP contribution in [0.2, 0.25) is 0 Å². The molecule has 0 aromatic rings. The van der Waals surface area contributed by atoms with Gasteiger partial charge in [-0.1, -0.05) is 0 Å². The largest absolute Gasteiger partial charge is 0.310 e. The van der Waals surface area contributed by atoms with Crippen molar-refractivity contribution in [2.45, 2.75) is 0 Å². The summed E-state index contributed by atoms with van der Waals surface area (Å²) in [4.78, 5) is 0. The van der Waals surface area contributed by atoms with Crippen molar-refractivity contribution in [3.05, 3.63) is 0 Å². The van der Waals surface area contributed by atoms with Gasteiger partial charge in [0, 0.05) is 12.6 Å². The first-order valence-corrected chi connectivity index (χ1v) is 3.16. The van der Waals surface area contributed by atoms with Crippen LogP contribution in [0.3, 0.4) is 0 Å². The summed E-state index contributed by atoms with van der Waals surface area (Å²) < 4.78 is 0. The lowest BCUT2D eigenvalue weighted by Gasteiger charge is -1.86. The second-order valence-corrected chi connectivity index (χ2v) is 1.47. The van der Waals surface area contributed by atoms with E-state index in [4.69, 9.17) is 0 Å². The Kier molecular flexibility index (Phi) is 5.61. The summed E-state index contributed by atoms with van der Waals surface area (Å²) in [6.45, 7) is 0. The average Bonchev–Trinajstić information content (AvgIpc) is 1.41. The van der Waals surface area contributed by atoms with E-state index in [-0.39, 0.29) is 0 Å². The fourth-order valence-electron chi connectivity index (χ4n) is 0.0833. The Hall–Kier alpha value is 0.820. The highest BCUT2D eigenvalue weighted by Crippen LogP contribution is 1.75. The zero-order chi connectivity index (χ0) is 4.12. The summed E-state index contributed by atoms with van der Waals surface area (Å²) in [6.07, 6.45) is 1.98. The van der Waals surface area contributed by atoms with Gasteiger partial charge in [-0.25, -0.2) is 0 Å². The summed E-state index contributed by atoms with van der Waals surface area (Å²) in [6, 6.07) is 0. The molecule has 0 rings (SSSR count). The Morgan fingerprint density at radius 2 is 1.60 bits per heavy atom. The van der Waals surface area contributed by atoms with Crippen molar-refractivity contribution in [1.82, 2.24) is 5.32 Å². The maximum absolute atomic E-state index is 3.04. The first-order chi connectivity index (χ1) is 2.41. The Labute approximate surface area is 37.3 Å². The van der Waals surface area contributed by atoms with Gasteiger partial charge in [-0.15, -0.1) is 18.5 Å². The van der Waals surface area contributed by atoms with Crippen molar-refractivity contribution in [2.24, 2.45) is 0 Å². The van der Waals surface area contributed by atoms with Crippen molar-refractivity contribution < 1.29 is 0 Å². The third-order valence-corrected chi connectivity index (χ3v) is 0.866. The first kappa shape index (κ1) is 5.82. The topological polar surface area (TPSA) is 12.0 Å². The van der Waals surface area contributed by atoms with E-state index < -0.39 is 0 Å². The van der Waals surface area contributed by atoms with E-state index in [9.17, 15) is 0 Å². The molecular weight excluding hydrogens is 100.0 g/mol. The van der Waals surface area contributed by atoms with E-state index in [2.05, 4.69) is 23.8 Å². The van der Waals surface area contributed by atoms with Crippen LogP contribution in [0.1, 0.15) is 0 Å². The molecule has 3 heteroatoms. The molecule has 0 aliphatic heterocycles. The molecule has 32 valence electrons. The standard InChI is InChI=1S/C2H9NP2/c4-1-3-2-5/h3H,1-2,4-5H2. The smallest absolute Gasteiger partial charge is 0.0101 e. The molecule has 0 aliphatic carbocycles. The van der Waals surface area contributed by atoms with Crippen molar-refractivity contribution >= 4 is 18.5 Å². The number of hydrogen-bond donors (Lipinski definition) is 1. The minimum atomic E-state index is 0.990. The Balaban J connectivity index is 2.19. The van der Waals surface area contributed by atoms with Crippen LogP contribution in [-0.2, 0) is 0 Å². The SMILES string of the molecule is PCNCP. The second kappa shape index (κ2) is 4.82. The molecule has 0 fully saturated rings. The second-order valence-electron chi connectivity index (χ2n) is 0.658. The van der Waals surface area contributed by atoms with E-state index in [1.54, 1.807) is 0 Å². The van der Waals surface area contributed by atoms with Crippen molar-refractivity contribution in [3.63, 3.8) is 0 Å². The summed E-state index contributed by atoms with van der Waals surface area (Å²) in [7, 11) is 5.15. The monoisotopic (exact) mass is 109 g/mol. The third-order valence-electron chi connectivity index (χ3n) is 0.289. The number of hydrogen-bond acceptors (Lipinski definition) is 1. The summed E-state index contributed by atoms with van der Waals surface area (Å²) in [5.74, 6) is 0. The van der Waals surface area contributed by atoms with Gasteiger partial charge in [-0.05, 0) is 0 Å². The maximum Gasteiger partial charge on any atom is 0.0101 e. The molecular formula is C2H9NP2. The van der Waals surface area contributed by atoms with Crippen LogP contribution >= 0.6 is 18.5 Å². The molecule has 2 unspecified atom stereocenters. The third kappa shape index (κ3) is 4.82. The van der Waals surface area contributed by atoms with Gasteiger partial charge in [0.05, 0.1) is 0 Å². The molecule has 0 saturated heterocycles. The zero-order valence-corrected chi connectivity index (χ0v) is 5.38. The summed E-state index contributed by atoms with van der Waals surface area (Å²) in [5, 5.41) is 3.04. The van der Waals surface area contributed by atoms with Crippen LogP contribution in [-0.4, -0.2) is 12.6 Å². The molecule has 0 aliphatic rings. The van der Waals surface area contributed by atoms with E-state index in [0.29, 0.717) is 0 Å². The first-order valence-electron chi connectivity index (χ1n) is 1.52. The van der Waals surface area contributed by atoms with Crippen molar-refractivity contribution in [1.29, 1.82) is 0 Å². The van der Waals surface area contributed by atoms with E-state index in [0.717, 1.165) is 12.6 Å². The molecule has 5 heavy (non-hydrogen) atoms. The van der Waals surface area contributed by atoms with Crippen LogP contribution in [0.5, 0.6) is 0 Å². The van der Waals surface area contributed by atoms with Gasteiger partial charge in [-0.2, -0.15) is 0 Å². The molecule has 0 heterocycles. The summed E-state index contributed by atoms with van der Waals surface area (Å²) >= 11 is 0. The van der Waals surface area contributed by atoms with Gasteiger partial charge in [-0.3, -0.25) is 0 Å². The molecule has 1 nitrogen and oxygen atoms in total. The normalized spacial score (nSPS) is 8.40. The van der Waals surface area contributed by atoms with Gasteiger partial charge < -0.3 is 5.32 Å². The minimum Gasteiger partial charge on any atom is -0.310 e. The van der Waals surface area contributed by atoms with Gasteiger partial charge >= 0.3 is 0 Å². The van der Waals surface area contributed by atoms with Crippen LogP contribution in [0, 0.1) is 0 Å². The molecule has 0 radical (unpaired) electrons. The van der Waals surface area contributed by atoms with Gasteiger partial charge in [0.15, 0.2) is 0 Å². The van der Waals surface area contributed by atoms with E-state index in [1.165, 1.54) is 0 Å². The van der Waals surface area contributed by atoms with Gasteiger partial charge in [0.25, 0.3) is 0 Å². The Bertz CT molecular complexity index is 15.1. The quantitative estimate of drug-likeness (QED) is 0.501. The number of nitrogens with one attached hydrogen (secondary N) is 1. The van der Waals surface area contributed by atoms with Crippen LogP contribution in [0.25, 0.3) is 0 Å². The summed E-state index contributed by atoms with van der Waals surface area (Å²) in [5.41, 5.74) is 0. The van der Waals surface area contributed by atoms with Crippen molar-refractivity contribution in [2.75, 3.05) is 12.6 Å². The predicted octanol–water partition coefficient (Wildman–Crippen LogP) is 0.241. The Morgan fingerprint density at radius 3 is 1.60 bits per heavy atom. The van der Waals surface area contributed by atoms with Crippen LogP contribution < -0.4 is 5.32 Å². The Morgan fingerprint density at radius 1 is 1.20 bits per heavy atom. The van der Waals surface area contributed by atoms with Crippen LogP contribution in [0.4, 0.5) is 0 Å². The molecule has 0 saturated carbocycles.